The van der Waals surface area contributed by atoms with E-state index in [1.807, 2.05) is 0 Å². The minimum Gasteiger partial charge on any atom is -0.463 e. The largest absolute Gasteiger partial charge is 0.463 e. The van der Waals surface area contributed by atoms with Gasteiger partial charge in [-0.3, -0.25) is 4.79 Å². The number of thioether (sulfide) groups is 1. The quantitative estimate of drug-likeness (QED) is 0.418. The van der Waals surface area contributed by atoms with Crippen molar-refractivity contribution in [2.45, 2.75) is 5.16 Å². The molecular formula is C14H13FN4O3S. The topological polar surface area (TPSA) is 90.0 Å². The Morgan fingerprint density at radius 1 is 1.35 bits per heavy atom. The van der Waals surface area contributed by atoms with E-state index in [1.54, 1.807) is 6.07 Å². The number of halogens is 1. The highest BCUT2D eigenvalue weighted by Gasteiger charge is 2.12. The number of hydrogen-bond acceptors (Lipinski definition) is 7. The Balaban J connectivity index is 1.73. The van der Waals surface area contributed by atoms with Crippen LogP contribution in [0.4, 0.5) is 4.39 Å². The maximum absolute atomic E-state index is 13.3. The van der Waals surface area contributed by atoms with E-state index in [1.165, 1.54) is 19.2 Å². The lowest BCUT2D eigenvalue weighted by molar-refractivity contribution is -0.141. The number of hydrogen-bond donors (Lipinski definition) is 1. The molecule has 1 N–H and O–H groups in total. The van der Waals surface area contributed by atoms with Crippen LogP contribution in [0.2, 0.25) is 0 Å². The molecule has 7 nitrogen and oxygen atoms in total. The van der Waals surface area contributed by atoms with Gasteiger partial charge in [0.05, 0.1) is 12.4 Å². The number of fused-ring (bicyclic) bond motifs is 3. The van der Waals surface area contributed by atoms with Gasteiger partial charge in [0.1, 0.15) is 17.9 Å². The number of aromatic amines is 1. The summed E-state index contributed by atoms with van der Waals surface area (Å²) < 4.78 is 23.0. The second-order valence-electron chi connectivity index (χ2n) is 4.61. The molecular weight excluding hydrogens is 323 g/mol. The SMILES string of the molecule is COCCOC(=O)CSc1nnc2c(n1)[nH]c1ccc(F)cc12. The minimum absolute atomic E-state index is 0.0752. The van der Waals surface area contributed by atoms with E-state index in [-0.39, 0.29) is 24.1 Å². The number of ether oxygens (including phenoxy) is 2. The molecule has 120 valence electrons. The summed E-state index contributed by atoms with van der Waals surface area (Å²) in [6, 6.07) is 4.36. The molecule has 9 heteroatoms. The summed E-state index contributed by atoms with van der Waals surface area (Å²) in [7, 11) is 1.53. The molecule has 0 aliphatic rings. The lowest BCUT2D eigenvalue weighted by Gasteiger charge is -2.02. The predicted molar refractivity (Wildman–Crippen MR) is 82.7 cm³/mol. The summed E-state index contributed by atoms with van der Waals surface area (Å²) in [6.07, 6.45) is 0. The number of carbonyl (C=O) groups is 1. The molecule has 0 bridgehead atoms. The molecule has 0 fully saturated rings. The van der Waals surface area contributed by atoms with Crippen molar-refractivity contribution in [3.8, 4) is 0 Å². The van der Waals surface area contributed by atoms with Gasteiger partial charge in [0.25, 0.3) is 0 Å². The second kappa shape index (κ2) is 6.88. The van der Waals surface area contributed by atoms with Crippen molar-refractivity contribution in [1.29, 1.82) is 0 Å². The summed E-state index contributed by atoms with van der Waals surface area (Å²) >= 11 is 1.12. The second-order valence-corrected chi connectivity index (χ2v) is 5.55. The highest BCUT2D eigenvalue weighted by atomic mass is 32.2. The van der Waals surface area contributed by atoms with Crippen LogP contribution in [-0.4, -0.2) is 52.2 Å². The van der Waals surface area contributed by atoms with Crippen molar-refractivity contribution in [1.82, 2.24) is 20.2 Å². The summed E-state index contributed by atoms with van der Waals surface area (Å²) in [6.45, 7) is 0.563. The lowest BCUT2D eigenvalue weighted by Crippen LogP contribution is -2.11. The third-order valence-electron chi connectivity index (χ3n) is 3.03. The van der Waals surface area contributed by atoms with Gasteiger partial charge in [-0.05, 0) is 18.2 Å². The number of benzene rings is 1. The van der Waals surface area contributed by atoms with E-state index in [9.17, 15) is 9.18 Å². The zero-order valence-electron chi connectivity index (χ0n) is 12.2. The molecule has 0 saturated heterocycles. The van der Waals surface area contributed by atoms with Gasteiger partial charge in [-0.1, -0.05) is 11.8 Å². The first kappa shape index (κ1) is 15.6. The van der Waals surface area contributed by atoms with Crippen LogP contribution >= 0.6 is 11.8 Å². The Morgan fingerprint density at radius 2 is 2.22 bits per heavy atom. The first-order valence-corrected chi connectivity index (χ1v) is 7.75. The average Bonchev–Trinajstić information content (AvgIpc) is 2.90. The Hall–Kier alpha value is -2.26. The molecule has 0 saturated carbocycles. The predicted octanol–water partition coefficient (Wildman–Crippen LogP) is 1.93. The summed E-state index contributed by atoms with van der Waals surface area (Å²) in [5.41, 5.74) is 1.71. The fourth-order valence-electron chi connectivity index (χ4n) is 1.99. The third-order valence-corrected chi connectivity index (χ3v) is 3.84. The Labute approximate surface area is 134 Å². The van der Waals surface area contributed by atoms with Crippen LogP contribution in [-0.2, 0) is 14.3 Å². The average molecular weight is 336 g/mol. The molecule has 0 unspecified atom stereocenters. The maximum atomic E-state index is 13.3. The molecule has 23 heavy (non-hydrogen) atoms. The van der Waals surface area contributed by atoms with E-state index in [2.05, 4.69) is 20.2 Å². The number of nitrogens with zero attached hydrogens (tertiary/aromatic N) is 3. The van der Waals surface area contributed by atoms with E-state index in [0.29, 0.717) is 28.3 Å². The molecule has 0 aliphatic carbocycles. The third kappa shape index (κ3) is 3.57. The monoisotopic (exact) mass is 336 g/mol. The molecule has 2 aromatic heterocycles. The Morgan fingerprint density at radius 3 is 3.04 bits per heavy atom. The molecule has 0 spiro atoms. The van der Waals surface area contributed by atoms with Gasteiger partial charge in [-0.2, -0.15) is 0 Å². The van der Waals surface area contributed by atoms with Crippen molar-refractivity contribution >= 4 is 39.8 Å². The van der Waals surface area contributed by atoms with Gasteiger partial charge in [0.15, 0.2) is 5.65 Å². The van der Waals surface area contributed by atoms with Crippen molar-refractivity contribution < 1.29 is 18.7 Å². The van der Waals surface area contributed by atoms with Crippen LogP contribution in [0.3, 0.4) is 0 Å². The summed E-state index contributed by atoms with van der Waals surface area (Å²) in [5.74, 6) is -0.655. The van der Waals surface area contributed by atoms with Gasteiger partial charge in [-0.25, -0.2) is 9.37 Å². The van der Waals surface area contributed by atoms with Crippen molar-refractivity contribution in [2.24, 2.45) is 0 Å². The highest BCUT2D eigenvalue weighted by molar-refractivity contribution is 7.99. The first-order chi connectivity index (χ1) is 11.2. The van der Waals surface area contributed by atoms with Crippen LogP contribution in [0.15, 0.2) is 23.4 Å². The Kier molecular flexibility index (Phi) is 4.68. The molecule has 0 atom stereocenters. The van der Waals surface area contributed by atoms with Crippen molar-refractivity contribution in [2.75, 3.05) is 26.1 Å². The highest BCUT2D eigenvalue weighted by Crippen LogP contribution is 2.24. The Bertz CT molecular complexity index is 855. The zero-order chi connectivity index (χ0) is 16.2. The number of nitrogens with one attached hydrogen (secondary N) is 1. The van der Waals surface area contributed by atoms with E-state index >= 15 is 0 Å². The normalized spacial score (nSPS) is 11.2. The molecule has 3 rings (SSSR count). The minimum atomic E-state index is -0.380. The number of H-pyrrole nitrogens is 1. The zero-order valence-corrected chi connectivity index (χ0v) is 13.0. The van der Waals surface area contributed by atoms with Crippen LogP contribution < -0.4 is 0 Å². The van der Waals surface area contributed by atoms with Crippen LogP contribution in [0, 0.1) is 5.82 Å². The molecule has 0 amide bonds. The maximum Gasteiger partial charge on any atom is 0.316 e. The fourth-order valence-corrected chi connectivity index (χ4v) is 2.58. The van der Waals surface area contributed by atoms with Gasteiger partial charge in [-0.15, -0.1) is 10.2 Å². The molecule has 0 aliphatic heterocycles. The summed E-state index contributed by atoms with van der Waals surface area (Å²) in [4.78, 5) is 18.8. The van der Waals surface area contributed by atoms with Crippen LogP contribution in [0.5, 0.6) is 0 Å². The van der Waals surface area contributed by atoms with Gasteiger partial charge in [0.2, 0.25) is 5.16 Å². The van der Waals surface area contributed by atoms with E-state index in [4.69, 9.17) is 9.47 Å². The first-order valence-electron chi connectivity index (χ1n) is 6.76. The number of carbonyl (C=O) groups excluding carboxylic acids is 1. The van der Waals surface area contributed by atoms with Gasteiger partial charge in [0, 0.05) is 18.0 Å². The summed E-state index contributed by atoms with van der Waals surface area (Å²) in [5, 5.41) is 8.98. The van der Waals surface area contributed by atoms with E-state index in [0.717, 1.165) is 17.3 Å². The van der Waals surface area contributed by atoms with Gasteiger partial charge < -0.3 is 14.5 Å². The van der Waals surface area contributed by atoms with Crippen LogP contribution in [0.1, 0.15) is 0 Å². The number of esters is 1. The van der Waals surface area contributed by atoms with E-state index < -0.39 is 0 Å². The molecule has 0 radical (unpaired) electrons. The van der Waals surface area contributed by atoms with Crippen molar-refractivity contribution in [3.05, 3.63) is 24.0 Å². The smallest absolute Gasteiger partial charge is 0.316 e. The number of aromatic nitrogens is 4. The number of methoxy groups -OCH3 is 1. The van der Waals surface area contributed by atoms with Crippen molar-refractivity contribution in [3.63, 3.8) is 0 Å². The van der Waals surface area contributed by atoms with Crippen LogP contribution in [0.25, 0.3) is 22.1 Å². The lowest BCUT2D eigenvalue weighted by atomic mass is 10.2. The molecule has 2 heterocycles. The molecule has 3 aromatic rings. The standard InChI is InChI=1S/C14H13FN4O3S/c1-21-4-5-22-11(20)7-23-14-17-13-12(18-19-14)9-6-8(15)2-3-10(9)16-13/h2-3,6H,4-5,7H2,1H3,(H,16,17,19). The molecule has 1 aromatic carbocycles. The number of rotatable bonds is 6. The fraction of sp³-hybridized carbons (Fsp3) is 0.286. The van der Waals surface area contributed by atoms with Gasteiger partial charge >= 0.3 is 5.97 Å².